The maximum atomic E-state index is 12.7. The van der Waals surface area contributed by atoms with Gasteiger partial charge in [-0.05, 0) is 161 Å². The van der Waals surface area contributed by atoms with Crippen LogP contribution in [0.4, 0.5) is 9.59 Å². The predicted molar refractivity (Wildman–Crippen MR) is 223 cm³/mol. The fourth-order valence-corrected chi connectivity index (χ4v) is 11.8. The zero-order chi connectivity index (χ0) is 37.8. The monoisotopic (exact) mass is 757 g/mol. The van der Waals surface area contributed by atoms with Gasteiger partial charge in [0, 0.05) is 49.3 Å². The van der Waals surface area contributed by atoms with E-state index in [4.69, 9.17) is 0 Å². The minimum Gasteiger partial charge on any atom is -0.338 e. The molecule has 4 N–H and O–H groups in total. The van der Waals surface area contributed by atoms with Crippen LogP contribution in [-0.2, 0) is 12.8 Å². The summed E-state index contributed by atoms with van der Waals surface area (Å²) in [6.45, 7) is 3.66. The molecule has 3 aromatic rings. The van der Waals surface area contributed by atoms with E-state index in [-0.39, 0.29) is 24.1 Å². The van der Waals surface area contributed by atoms with Gasteiger partial charge < -0.3 is 21.3 Å². The average molecular weight is 757 g/mol. The number of amides is 4. The quantitative estimate of drug-likeness (QED) is 0.132. The van der Waals surface area contributed by atoms with Crippen LogP contribution in [0.1, 0.15) is 147 Å². The normalized spacial score (nSPS) is 29.1. The SMILES string of the molecule is O=C(NCCc1ccc(CCNC(=O)NC2CCC(CCN3C4CCC3c3ccccc34)CC2)cc1)NC1CCC(CCN2C3CCC2c2ccccc23)CC1. The summed E-state index contributed by atoms with van der Waals surface area (Å²) < 4.78 is 0. The van der Waals surface area contributed by atoms with E-state index in [1.54, 1.807) is 22.3 Å². The van der Waals surface area contributed by atoms with Crippen molar-refractivity contribution in [2.45, 2.75) is 139 Å². The molecule has 9 rings (SSSR count). The standard InChI is InChI=1S/C48H64N6O2/c55-47(51-37-17-13-35(14-18-37)27-31-53-43-21-22-44(53)40-6-2-1-5-39(40)43)49-29-25-33-9-11-34(12-10-33)26-30-50-48(56)52-38-19-15-36(16-20-38)28-32-54-45-23-24-46(54)42-8-4-3-7-41(42)45/h1-12,35-38,43-46H,13-32H2,(H2,49,51,55)(H2,50,52,56). The summed E-state index contributed by atoms with van der Waals surface area (Å²) in [4.78, 5) is 30.9. The van der Waals surface area contributed by atoms with Crippen LogP contribution in [0.25, 0.3) is 0 Å². The van der Waals surface area contributed by atoms with Crippen molar-refractivity contribution in [2.24, 2.45) is 11.8 Å². The Morgan fingerprint density at radius 2 is 0.804 bits per heavy atom. The number of fused-ring (bicyclic) bond motifs is 10. The molecule has 298 valence electrons. The third-order valence-corrected chi connectivity index (χ3v) is 14.8. The van der Waals surface area contributed by atoms with Gasteiger partial charge in [0.1, 0.15) is 0 Å². The number of benzene rings is 3. The summed E-state index contributed by atoms with van der Waals surface area (Å²) in [5, 5.41) is 12.7. The molecular weight excluding hydrogens is 693 g/mol. The molecule has 4 unspecified atom stereocenters. The van der Waals surface area contributed by atoms with E-state index in [1.807, 2.05) is 0 Å². The molecule has 8 nitrogen and oxygen atoms in total. The van der Waals surface area contributed by atoms with Crippen molar-refractivity contribution < 1.29 is 9.59 Å². The molecule has 2 aliphatic carbocycles. The zero-order valence-electron chi connectivity index (χ0n) is 33.4. The topological polar surface area (TPSA) is 88.7 Å². The van der Waals surface area contributed by atoms with E-state index < -0.39 is 0 Å². The molecule has 2 saturated heterocycles. The first-order valence-corrected chi connectivity index (χ1v) is 22.4. The van der Waals surface area contributed by atoms with Crippen LogP contribution < -0.4 is 21.3 Å². The first-order valence-electron chi connectivity index (χ1n) is 22.4. The van der Waals surface area contributed by atoms with Gasteiger partial charge in [-0.1, -0.05) is 72.8 Å². The van der Waals surface area contributed by atoms with Crippen LogP contribution in [0.5, 0.6) is 0 Å². The van der Waals surface area contributed by atoms with E-state index in [1.165, 1.54) is 88.4 Å². The Kier molecular flexibility index (Phi) is 11.7. The Bertz CT molecular complexity index is 1600. The van der Waals surface area contributed by atoms with Crippen molar-refractivity contribution >= 4 is 12.1 Å². The molecule has 6 aliphatic rings. The predicted octanol–water partition coefficient (Wildman–Crippen LogP) is 9.05. The molecule has 8 heteroatoms. The molecule has 4 bridgehead atoms. The van der Waals surface area contributed by atoms with Gasteiger partial charge in [-0.3, -0.25) is 9.80 Å². The minimum atomic E-state index is -0.0374. The highest BCUT2D eigenvalue weighted by Crippen LogP contribution is 2.54. The first kappa shape index (κ1) is 37.7. The zero-order valence-corrected chi connectivity index (χ0v) is 33.4. The number of carbonyl (C=O) groups excluding carboxylic acids is 2. The van der Waals surface area contributed by atoms with E-state index in [9.17, 15) is 9.59 Å². The molecule has 4 fully saturated rings. The third kappa shape index (κ3) is 8.38. The molecule has 3 aromatic carbocycles. The Hall–Kier alpha value is -3.88. The van der Waals surface area contributed by atoms with Gasteiger partial charge in [-0.2, -0.15) is 0 Å². The van der Waals surface area contributed by atoms with Crippen molar-refractivity contribution in [3.05, 3.63) is 106 Å². The minimum absolute atomic E-state index is 0.0374. The average Bonchev–Trinajstić information content (AvgIpc) is 3.99. The van der Waals surface area contributed by atoms with Crippen molar-refractivity contribution in [1.82, 2.24) is 31.1 Å². The second-order valence-electron chi connectivity index (χ2n) is 18.1. The maximum absolute atomic E-state index is 12.7. The van der Waals surface area contributed by atoms with Gasteiger partial charge in [0.15, 0.2) is 0 Å². The summed E-state index contributed by atoms with van der Waals surface area (Å²) in [6, 6.07) is 29.8. The Balaban J connectivity index is 0.598. The second kappa shape index (κ2) is 17.3. The summed E-state index contributed by atoms with van der Waals surface area (Å²) in [5.74, 6) is 1.55. The van der Waals surface area contributed by atoms with Crippen LogP contribution in [-0.4, -0.2) is 60.1 Å². The largest absolute Gasteiger partial charge is 0.338 e. The molecule has 4 aliphatic heterocycles. The van der Waals surface area contributed by atoms with E-state index in [0.717, 1.165) is 50.4 Å². The molecule has 4 heterocycles. The lowest BCUT2D eigenvalue weighted by Gasteiger charge is -2.31. The molecule has 56 heavy (non-hydrogen) atoms. The van der Waals surface area contributed by atoms with Crippen molar-refractivity contribution in [2.75, 3.05) is 26.2 Å². The fraction of sp³-hybridized carbons (Fsp3) is 0.583. The molecular formula is C48H64N6O2. The smallest absolute Gasteiger partial charge is 0.315 e. The summed E-state index contributed by atoms with van der Waals surface area (Å²) in [6.07, 6.45) is 18.6. The van der Waals surface area contributed by atoms with Crippen molar-refractivity contribution in [1.29, 1.82) is 0 Å². The van der Waals surface area contributed by atoms with E-state index >= 15 is 0 Å². The second-order valence-corrected chi connectivity index (χ2v) is 18.1. The summed E-state index contributed by atoms with van der Waals surface area (Å²) in [5.41, 5.74) is 8.74. The molecule has 0 aromatic heterocycles. The van der Waals surface area contributed by atoms with E-state index in [2.05, 4.69) is 104 Å². The number of hydrogen-bond donors (Lipinski definition) is 4. The maximum Gasteiger partial charge on any atom is 0.315 e. The van der Waals surface area contributed by atoms with Gasteiger partial charge in [-0.25, -0.2) is 9.59 Å². The third-order valence-electron chi connectivity index (χ3n) is 14.8. The number of nitrogens with one attached hydrogen (secondary N) is 4. The molecule has 0 radical (unpaired) electrons. The molecule has 4 atom stereocenters. The van der Waals surface area contributed by atoms with E-state index in [0.29, 0.717) is 37.3 Å². The Morgan fingerprint density at radius 3 is 1.14 bits per heavy atom. The number of hydrogen-bond acceptors (Lipinski definition) is 4. The van der Waals surface area contributed by atoms with Crippen LogP contribution in [0.15, 0.2) is 72.8 Å². The van der Waals surface area contributed by atoms with Gasteiger partial charge in [0.2, 0.25) is 0 Å². The van der Waals surface area contributed by atoms with Gasteiger partial charge >= 0.3 is 12.1 Å². The van der Waals surface area contributed by atoms with Crippen LogP contribution in [0.3, 0.4) is 0 Å². The Labute approximate surface area is 335 Å². The molecule has 0 spiro atoms. The number of urea groups is 2. The van der Waals surface area contributed by atoms with Gasteiger partial charge in [0.25, 0.3) is 0 Å². The van der Waals surface area contributed by atoms with Crippen molar-refractivity contribution in [3.8, 4) is 0 Å². The van der Waals surface area contributed by atoms with Crippen LogP contribution >= 0.6 is 0 Å². The highest BCUT2D eigenvalue weighted by atomic mass is 16.2. The van der Waals surface area contributed by atoms with Crippen LogP contribution in [0.2, 0.25) is 0 Å². The van der Waals surface area contributed by atoms with Crippen LogP contribution in [0, 0.1) is 11.8 Å². The number of rotatable bonds is 14. The first-order chi connectivity index (χ1) is 27.6. The fourth-order valence-electron chi connectivity index (χ4n) is 11.8. The molecule has 4 amide bonds. The Morgan fingerprint density at radius 1 is 0.464 bits per heavy atom. The lowest BCUT2D eigenvalue weighted by Crippen LogP contribution is -2.44. The highest BCUT2D eigenvalue weighted by Gasteiger charge is 2.44. The lowest BCUT2D eigenvalue weighted by molar-refractivity contribution is 0.185. The summed E-state index contributed by atoms with van der Waals surface area (Å²) in [7, 11) is 0. The summed E-state index contributed by atoms with van der Waals surface area (Å²) >= 11 is 0. The van der Waals surface area contributed by atoms with Gasteiger partial charge in [-0.15, -0.1) is 0 Å². The van der Waals surface area contributed by atoms with Gasteiger partial charge in [0.05, 0.1) is 0 Å². The number of carbonyl (C=O) groups is 2. The lowest BCUT2D eigenvalue weighted by atomic mass is 9.84. The molecule has 2 saturated carbocycles. The highest BCUT2D eigenvalue weighted by molar-refractivity contribution is 5.74. The van der Waals surface area contributed by atoms with Crippen molar-refractivity contribution in [3.63, 3.8) is 0 Å². The number of nitrogens with zero attached hydrogens (tertiary/aromatic N) is 2.